The van der Waals surface area contributed by atoms with Crippen molar-refractivity contribution in [2.45, 2.75) is 25.3 Å². The molecule has 7 heteroatoms. The van der Waals surface area contributed by atoms with E-state index in [2.05, 4.69) is 4.74 Å². The maximum absolute atomic E-state index is 11.8. The molecular formula is C10H17NO5S. The number of esters is 1. The molecular weight excluding hydrogens is 246 g/mol. The van der Waals surface area contributed by atoms with Crippen LogP contribution in [0.25, 0.3) is 0 Å². The molecule has 0 bridgehead atoms. The van der Waals surface area contributed by atoms with E-state index in [4.69, 9.17) is 0 Å². The molecule has 1 unspecified atom stereocenters. The number of rotatable bonds is 3. The van der Waals surface area contributed by atoms with Gasteiger partial charge >= 0.3 is 5.97 Å². The quantitative estimate of drug-likeness (QED) is 0.646. The van der Waals surface area contributed by atoms with E-state index < -0.39 is 33.5 Å². The number of amides is 1. The van der Waals surface area contributed by atoms with Crippen LogP contribution >= 0.6 is 0 Å². The molecule has 98 valence electrons. The summed E-state index contributed by atoms with van der Waals surface area (Å²) in [6.45, 7) is 0.411. The zero-order valence-corrected chi connectivity index (χ0v) is 10.8. The molecule has 1 saturated heterocycles. The highest BCUT2D eigenvalue weighted by Gasteiger charge is 2.33. The van der Waals surface area contributed by atoms with Crippen molar-refractivity contribution < 1.29 is 22.7 Å². The van der Waals surface area contributed by atoms with E-state index in [9.17, 15) is 18.0 Å². The van der Waals surface area contributed by atoms with Crippen LogP contribution in [-0.2, 0) is 24.2 Å². The van der Waals surface area contributed by atoms with Gasteiger partial charge in [0.15, 0.2) is 9.84 Å². The Morgan fingerprint density at radius 2 is 2.00 bits per heavy atom. The van der Waals surface area contributed by atoms with Gasteiger partial charge in [0.1, 0.15) is 11.8 Å². The van der Waals surface area contributed by atoms with Crippen LogP contribution in [0.5, 0.6) is 0 Å². The van der Waals surface area contributed by atoms with Gasteiger partial charge < -0.3 is 9.64 Å². The highest BCUT2D eigenvalue weighted by atomic mass is 32.2. The largest absolute Gasteiger partial charge is 0.467 e. The molecule has 0 N–H and O–H groups in total. The molecule has 1 amide bonds. The van der Waals surface area contributed by atoms with Crippen LogP contribution in [-0.4, -0.2) is 56.9 Å². The average molecular weight is 263 g/mol. The summed E-state index contributed by atoms with van der Waals surface area (Å²) in [7, 11) is -2.11. The number of ether oxygens (including phenoxy) is 1. The molecule has 0 aromatic carbocycles. The number of methoxy groups -OCH3 is 1. The lowest BCUT2D eigenvalue weighted by molar-refractivity contribution is -0.153. The van der Waals surface area contributed by atoms with Crippen LogP contribution in [0.2, 0.25) is 0 Å². The monoisotopic (exact) mass is 263 g/mol. The van der Waals surface area contributed by atoms with Crippen molar-refractivity contribution >= 4 is 21.7 Å². The van der Waals surface area contributed by atoms with Gasteiger partial charge in [-0.15, -0.1) is 0 Å². The van der Waals surface area contributed by atoms with Crippen LogP contribution in [0.3, 0.4) is 0 Å². The minimum absolute atomic E-state index is 0.411. The molecule has 1 atom stereocenters. The first-order chi connectivity index (χ1) is 7.85. The standard InChI is InChI=1S/C10H17NO5S/c1-16-10(13)8-5-3-4-6-11(8)9(12)7-17(2,14)15/h8H,3-7H2,1-2H3. The first kappa shape index (κ1) is 14.0. The van der Waals surface area contributed by atoms with Gasteiger partial charge in [0, 0.05) is 12.8 Å². The summed E-state index contributed by atoms with van der Waals surface area (Å²) in [5.41, 5.74) is 0. The fourth-order valence-corrected chi connectivity index (χ4v) is 2.53. The molecule has 1 heterocycles. The fourth-order valence-electron chi connectivity index (χ4n) is 1.92. The SMILES string of the molecule is COC(=O)C1CCCCN1C(=O)CS(C)(=O)=O. The lowest BCUT2D eigenvalue weighted by Crippen LogP contribution is -2.50. The van der Waals surface area contributed by atoms with E-state index >= 15 is 0 Å². The molecule has 0 radical (unpaired) electrons. The van der Waals surface area contributed by atoms with Crippen molar-refractivity contribution in [1.29, 1.82) is 0 Å². The van der Waals surface area contributed by atoms with Crippen LogP contribution < -0.4 is 0 Å². The summed E-state index contributed by atoms with van der Waals surface area (Å²) in [5.74, 6) is -1.56. The molecule has 1 aliphatic rings. The first-order valence-electron chi connectivity index (χ1n) is 5.40. The molecule has 0 saturated carbocycles. The highest BCUT2D eigenvalue weighted by Crippen LogP contribution is 2.18. The van der Waals surface area contributed by atoms with Crippen LogP contribution in [0.4, 0.5) is 0 Å². The van der Waals surface area contributed by atoms with Gasteiger partial charge in [-0.3, -0.25) is 4.79 Å². The third-order valence-electron chi connectivity index (χ3n) is 2.68. The zero-order chi connectivity index (χ0) is 13.1. The van der Waals surface area contributed by atoms with Crippen molar-refractivity contribution in [3.63, 3.8) is 0 Å². The predicted molar refractivity (Wildman–Crippen MR) is 61.1 cm³/mol. The summed E-state index contributed by atoms with van der Waals surface area (Å²) in [6, 6.07) is -0.636. The molecule has 0 aromatic heterocycles. The van der Waals surface area contributed by atoms with Gasteiger partial charge in [-0.2, -0.15) is 0 Å². The van der Waals surface area contributed by atoms with Crippen LogP contribution in [0, 0.1) is 0 Å². The Labute approximate surface area is 101 Å². The maximum Gasteiger partial charge on any atom is 0.328 e. The lowest BCUT2D eigenvalue weighted by Gasteiger charge is -2.33. The van der Waals surface area contributed by atoms with E-state index in [1.165, 1.54) is 12.0 Å². The number of hydrogen-bond acceptors (Lipinski definition) is 5. The minimum atomic E-state index is -3.37. The van der Waals surface area contributed by atoms with Crippen LogP contribution in [0.15, 0.2) is 0 Å². The average Bonchev–Trinajstić information content (AvgIpc) is 2.25. The molecule has 0 spiro atoms. The number of nitrogens with zero attached hydrogens (tertiary/aromatic N) is 1. The van der Waals surface area contributed by atoms with Gasteiger partial charge in [0.2, 0.25) is 5.91 Å². The molecule has 0 aromatic rings. The second-order valence-electron chi connectivity index (χ2n) is 4.19. The Bertz CT molecular complexity index is 403. The van der Waals surface area contributed by atoms with Crippen molar-refractivity contribution in [3.8, 4) is 0 Å². The topological polar surface area (TPSA) is 80.8 Å². The fraction of sp³-hybridized carbons (Fsp3) is 0.800. The summed E-state index contributed by atoms with van der Waals surface area (Å²) < 4.78 is 26.8. The molecule has 17 heavy (non-hydrogen) atoms. The number of likely N-dealkylation sites (tertiary alicyclic amines) is 1. The second-order valence-corrected chi connectivity index (χ2v) is 6.33. The van der Waals surface area contributed by atoms with E-state index in [-0.39, 0.29) is 0 Å². The van der Waals surface area contributed by atoms with Crippen LogP contribution in [0.1, 0.15) is 19.3 Å². The second kappa shape index (κ2) is 5.48. The highest BCUT2D eigenvalue weighted by molar-refractivity contribution is 7.91. The van der Waals surface area contributed by atoms with E-state index in [1.807, 2.05) is 0 Å². The summed E-state index contributed by atoms with van der Waals surface area (Å²) in [4.78, 5) is 24.6. The Morgan fingerprint density at radius 3 is 2.53 bits per heavy atom. The minimum Gasteiger partial charge on any atom is -0.467 e. The molecule has 0 aliphatic carbocycles. The third kappa shape index (κ3) is 3.99. The van der Waals surface area contributed by atoms with Gasteiger partial charge in [-0.25, -0.2) is 13.2 Å². The van der Waals surface area contributed by atoms with E-state index in [1.54, 1.807) is 0 Å². The predicted octanol–water partition coefficient (Wildman–Crippen LogP) is -0.415. The van der Waals surface area contributed by atoms with Gasteiger partial charge in [0.05, 0.1) is 7.11 Å². The summed E-state index contributed by atoms with van der Waals surface area (Å²) >= 11 is 0. The summed E-state index contributed by atoms with van der Waals surface area (Å²) in [6.07, 6.45) is 3.15. The number of carbonyl (C=O) groups excluding carboxylic acids is 2. The summed E-state index contributed by atoms with van der Waals surface area (Å²) in [5, 5.41) is 0. The third-order valence-corrected chi connectivity index (χ3v) is 3.45. The molecule has 1 rings (SSSR count). The van der Waals surface area contributed by atoms with E-state index in [0.29, 0.717) is 13.0 Å². The number of hydrogen-bond donors (Lipinski definition) is 0. The van der Waals surface area contributed by atoms with Gasteiger partial charge in [0.25, 0.3) is 0 Å². The maximum atomic E-state index is 11.8. The van der Waals surface area contributed by atoms with Crippen molar-refractivity contribution in [3.05, 3.63) is 0 Å². The van der Waals surface area contributed by atoms with Crippen molar-refractivity contribution in [2.24, 2.45) is 0 Å². The van der Waals surface area contributed by atoms with Crippen molar-refractivity contribution in [2.75, 3.05) is 25.7 Å². The molecule has 1 aliphatic heterocycles. The van der Waals surface area contributed by atoms with Gasteiger partial charge in [-0.1, -0.05) is 0 Å². The Morgan fingerprint density at radius 1 is 1.35 bits per heavy atom. The normalized spacial score (nSPS) is 21.1. The molecule has 6 nitrogen and oxygen atoms in total. The number of sulfone groups is 1. The van der Waals surface area contributed by atoms with Gasteiger partial charge in [-0.05, 0) is 19.3 Å². The molecule has 1 fully saturated rings. The van der Waals surface area contributed by atoms with Crippen molar-refractivity contribution in [1.82, 2.24) is 4.90 Å². The zero-order valence-electron chi connectivity index (χ0n) is 10.0. The lowest BCUT2D eigenvalue weighted by atomic mass is 10.0. The number of piperidine rings is 1. The Kier molecular flexibility index (Phi) is 4.50. The first-order valence-corrected chi connectivity index (χ1v) is 7.46. The Balaban J connectivity index is 2.78. The Hall–Kier alpha value is -1.11. The smallest absolute Gasteiger partial charge is 0.328 e. The number of carbonyl (C=O) groups is 2. The van der Waals surface area contributed by atoms with E-state index in [0.717, 1.165) is 19.1 Å².